The van der Waals surface area contributed by atoms with E-state index in [0.29, 0.717) is 29.0 Å². The number of nitrogens with zero attached hydrogens (tertiary/aromatic N) is 3. The van der Waals surface area contributed by atoms with Crippen molar-refractivity contribution < 1.29 is 14.3 Å². The minimum atomic E-state index is -0.571. The topological polar surface area (TPSA) is 74.8 Å². The van der Waals surface area contributed by atoms with Gasteiger partial charge >= 0.3 is 6.09 Å². The van der Waals surface area contributed by atoms with E-state index >= 15 is 0 Å². The molecule has 7 heteroatoms. The van der Waals surface area contributed by atoms with Crippen LogP contribution in [0.1, 0.15) is 44.0 Å². The summed E-state index contributed by atoms with van der Waals surface area (Å²) in [6.07, 6.45) is 3.26. The number of piperidine rings is 1. The highest BCUT2D eigenvalue weighted by molar-refractivity contribution is 6.04. The molecule has 182 valence electrons. The normalized spacial score (nSPS) is 19.7. The third-order valence-corrected chi connectivity index (χ3v) is 6.47. The maximum absolute atomic E-state index is 12.8. The van der Waals surface area contributed by atoms with Crippen LogP contribution >= 0.6 is 0 Å². The number of hydrogen-bond donors (Lipinski definition) is 1. The number of anilines is 3. The van der Waals surface area contributed by atoms with Gasteiger partial charge in [0.25, 0.3) is 5.91 Å². The van der Waals surface area contributed by atoms with Crippen LogP contribution in [0.4, 0.5) is 21.9 Å². The second-order valence-corrected chi connectivity index (χ2v) is 9.33. The third-order valence-electron chi connectivity index (χ3n) is 6.47. The number of benzene rings is 2. The summed E-state index contributed by atoms with van der Waals surface area (Å²) in [5.74, 6) is 0.590. The van der Waals surface area contributed by atoms with E-state index in [2.05, 4.69) is 36.0 Å². The Balaban J connectivity index is 1.39. The van der Waals surface area contributed by atoms with Gasteiger partial charge in [-0.25, -0.2) is 9.78 Å². The van der Waals surface area contributed by atoms with E-state index < -0.39 is 6.09 Å². The first-order chi connectivity index (χ1) is 16.8. The molecule has 1 aromatic heterocycles. The molecule has 7 nitrogen and oxygen atoms in total. The van der Waals surface area contributed by atoms with Crippen molar-refractivity contribution in [3.63, 3.8) is 0 Å². The van der Waals surface area contributed by atoms with Gasteiger partial charge < -0.3 is 15.0 Å². The van der Waals surface area contributed by atoms with Gasteiger partial charge in [0, 0.05) is 54.0 Å². The number of hydrogen-bond acceptors (Lipinski definition) is 5. The highest BCUT2D eigenvalue weighted by atomic mass is 16.6. The Morgan fingerprint density at radius 2 is 1.63 bits per heavy atom. The molecule has 1 aliphatic heterocycles. The van der Waals surface area contributed by atoms with Gasteiger partial charge in [-0.15, -0.1) is 0 Å². The summed E-state index contributed by atoms with van der Waals surface area (Å²) >= 11 is 0. The van der Waals surface area contributed by atoms with Crippen molar-refractivity contribution in [2.45, 2.75) is 45.7 Å². The van der Waals surface area contributed by atoms with Crippen molar-refractivity contribution in [3.8, 4) is 5.88 Å². The summed E-state index contributed by atoms with van der Waals surface area (Å²) in [5, 5.41) is 2.86. The zero-order valence-corrected chi connectivity index (χ0v) is 20.6. The lowest BCUT2D eigenvalue weighted by molar-refractivity contribution is 0.102. The Hall–Kier alpha value is -3.87. The van der Waals surface area contributed by atoms with Crippen LogP contribution in [-0.4, -0.2) is 36.1 Å². The average molecular weight is 473 g/mol. The van der Waals surface area contributed by atoms with E-state index in [1.54, 1.807) is 13.1 Å². The van der Waals surface area contributed by atoms with Crippen LogP contribution in [0.5, 0.6) is 5.88 Å². The van der Waals surface area contributed by atoms with Gasteiger partial charge in [-0.3, -0.25) is 9.69 Å². The molecule has 4 rings (SSSR count). The van der Waals surface area contributed by atoms with Gasteiger partial charge in [0.15, 0.2) is 0 Å². The van der Waals surface area contributed by atoms with Crippen molar-refractivity contribution in [2.75, 3.05) is 22.2 Å². The molecule has 1 saturated heterocycles. The number of rotatable bonds is 5. The summed E-state index contributed by atoms with van der Waals surface area (Å²) in [5.41, 5.74) is 2.88. The summed E-state index contributed by atoms with van der Waals surface area (Å²) < 4.78 is 5.39. The Morgan fingerprint density at radius 3 is 2.29 bits per heavy atom. The minimum Gasteiger partial charge on any atom is -0.391 e. The van der Waals surface area contributed by atoms with Gasteiger partial charge in [-0.2, -0.15) is 0 Å². The molecule has 0 saturated carbocycles. The van der Waals surface area contributed by atoms with Gasteiger partial charge in [0.05, 0.1) is 0 Å². The highest BCUT2D eigenvalue weighted by Gasteiger charge is 2.28. The molecule has 2 unspecified atom stereocenters. The number of pyridine rings is 1. The Kier molecular flexibility index (Phi) is 7.34. The molecule has 1 aliphatic rings. The molecular weight excluding hydrogens is 440 g/mol. The lowest BCUT2D eigenvalue weighted by Crippen LogP contribution is -2.46. The number of carbonyl (C=O) groups is 2. The predicted octanol–water partition coefficient (Wildman–Crippen LogP) is 5.98. The van der Waals surface area contributed by atoms with Gasteiger partial charge in [-0.05, 0) is 75.1 Å². The second kappa shape index (κ2) is 10.6. The number of amides is 2. The van der Waals surface area contributed by atoms with E-state index in [1.165, 1.54) is 30.0 Å². The zero-order valence-electron chi connectivity index (χ0n) is 20.6. The Bertz CT molecular complexity index is 1150. The Labute approximate surface area is 206 Å². The first-order valence-electron chi connectivity index (χ1n) is 12.0. The monoisotopic (exact) mass is 472 g/mol. The van der Waals surface area contributed by atoms with Gasteiger partial charge in [0.1, 0.15) is 0 Å². The van der Waals surface area contributed by atoms with Crippen LogP contribution in [0, 0.1) is 5.92 Å². The average Bonchev–Trinajstić information content (AvgIpc) is 2.84. The molecule has 0 spiro atoms. The van der Waals surface area contributed by atoms with Crippen molar-refractivity contribution in [2.24, 2.45) is 5.92 Å². The van der Waals surface area contributed by atoms with Crippen LogP contribution in [0.15, 0.2) is 72.9 Å². The quantitative estimate of drug-likeness (QED) is 0.494. The summed E-state index contributed by atoms with van der Waals surface area (Å²) in [6, 6.07) is 21.0. The van der Waals surface area contributed by atoms with Crippen LogP contribution in [0.25, 0.3) is 0 Å². The molecule has 2 heterocycles. The molecule has 2 amide bonds. The van der Waals surface area contributed by atoms with Crippen LogP contribution in [0.2, 0.25) is 0 Å². The molecule has 2 atom stereocenters. The van der Waals surface area contributed by atoms with E-state index in [1.807, 2.05) is 54.6 Å². The summed E-state index contributed by atoms with van der Waals surface area (Å²) in [7, 11) is 1.62. The largest absolute Gasteiger partial charge is 0.420 e. The molecule has 1 N–H and O–H groups in total. The zero-order chi connectivity index (χ0) is 24.9. The van der Waals surface area contributed by atoms with Crippen LogP contribution in [0.3, 0.4) is 0 Å². The lowest BCUT2D eigenvalue weighted by Gasteiger charge is -2.43. The number of para-hydroxylation sites is 1. The molecule has 35 heavy (non-hydrogen) atoms. The summed E-state index contributed by atoms with van der Waals surface area (Å²) in [4.78, 5) is 33.2. The molecule has 1 fully saturated rings. The SMILES string of the molecule is CC1CC(C)N(c2ccc(C(=O)Nc3ccnc(OC(=O)N(C)c4ccccc4)c3)cc2)C(C)C1. The number of aromatic nitrogens is 1. The van der Waals surface area contributed by atoms with Gasteiger partial charge in [-0.1, -0.05) is 25.1 Å². The van der Waals surface area contributed by atoms with E-state index in [4.69, 9.17) is 4.74 Å². The molecule has 2 aromatic carbocycles. The number of nitrogens with one attached hydrogen (secondary N) is 1. The maximum Gasteiger partial charge on any atom is 0.420 e. The first-order valence-corrected chi connectivity index (χ1v) is 12.0. The van der Waals surface area contributed by atoms with E-state index in [-0.39, 0.29) is 11.8 Å². The fraction of sp³-hybridized carbons (Fsp3) is 0.321. The van der Waals surface area contributed by atoms with Gasteiger partial charge in [0.2, 0.25) is 5.88 Å². The van der Waals surface area contributed by atoms with Crippen molar-refractivity contribution in [3.05, 3.63) is 78.5 Å². The number of ether oxygens (including phenoxy) is 1. The molecule has 0 radical (unpaired) electrons. The predicted molar refractivity (Wildman–Crippen MR) is 139 cm³/mol. The van der Waals surface area contributed by atoms with Crippen molar-refractivity contribution in [1.82, 2.24) is 4.98 Å². The minimum absolute atomic E-state index is 0.105. The maximum atomic E-state index is 12.8. The number of carbonyl (C=O) groups excluding carboxylic acids is 2. The standard InChI is InChI=1S/C28H32N4O3/c1-19-16-20(2)32(21(3)17-19)25-12-10-22(11-13-25)27(33)30-23-14-15-29-26(18-23)35-28(34)31(4)24-8-6-5-7-9-24/h5-15,18-21H,16-17H2,1-4H3,(H,29,30,33). The fourth-order valence-corrected chi connectivity index (χ4v) is 4.88. The summed E-state index contributed by atoms with van der Waals surface area (Å²) in [6.45, 7) is 6.83. The van der Waals surface area contributed by atoms with Crippen LogP contribution < -0.4 is 19.9 Å². The molecule has 0 aliphatic carbocycles. The molecule has 3 aromatic rings. The molecular formula is C28H32N4O3. The second-order valence-electron chi connectivity index (χ2n) is 9.33. The van der Waals surface area contributed by atoms with E-state index in [9.17, 15) is 9.59 Å². The first kappa shape index (κ1) is 24.3. The van der Waals surface area contributed by atoms with Crippen molar-refractivity contribution >= 4 is 29.1 Å². The Morgan fingerprint density at radius 1 is 0.971 bits per heavy atom. The van der Waals surface area contributed by atoms with Crippen LogP contribution in [-0.2, 0) is 0 Å². The van der Waals surface area contributed by atoms with E-state index in [0.717, 1.165) is 11.6 Å². The third kappa shape index (κ3) is 5.80. The lowest BCUT2D eigenvalue weighted by atomic mass is 9.88. The highest BCUT2D eigenvalue weighted by Crippen LogP contribution is 2.32. The smallest absolute Gasteiger partial charge is 0.391 e. The van der Waals surface area contributed by atoms with Crippen molar-refractivity contribution in [1.29, 1.82) is 0 Å². The fourth-order valence-electron chi connectivity index (χ4n) is 4.88. The molecule has 0 bridgehead atoms.